The van der Waals surface area contributed by atoms with E-state index in [1.165, 1.54) is 0 Å². The second kappa shape index (κ2) is 5.55. The van der Waals surface area contributed by atoms with Gasteiger partial charge in [0.1, 0.15) is 0 Å². The van der Waals surface area contributed by atoms with E-state index in [0.29, 0.717) is 5.92 Å². The molecule has 0 amide bonds. The molecule has 0 spiro atoms. The standard InChI is InChI=1S/C13H25N3O2/c1-11(2)8-15-3-5-16(6-4-15)13(7-12(17)18)9-14-10-13/h11,14H,3-10H2,1-2H3,(H,17,18). The lowest BCUT2D eigenvalue weighted by molar-refractivity contribution is -0.142. The average molecular weight is 255 g/mol. The van der Waals surface area contributed by atoms with Crippen molar-refractivity contribution in [3.05, 3.63) is 0 Å². The zero-order valence-corrected chi connectivity index (χ0v) is 11.5. The molecule has 2 aliphatic heterocycles. The predicted octanol–water partition coefficient (Wildman–Crippen LogP) is 0.0767. The number of nitrogens with zero attached hydrogens (tertiary/aromatic N) is 2. The fourth-order valence-corrected chi connectivity index (χ4v) is 3.08. The minimum absolute atomic E-state index is 0.115. The van der Waals surface area contributed by atoms with Gasteiger partial charge in [-0.1, -0.05) is 13.8 Å². The quantitative estimate of drug-likeness (QED) is 0.728. The molecule has 5 nitrogen and oxygen atoms in total. The Balaban J connectivity index is 1.86. The molecule has 0 atom stereocenters. The highest BCUT2D eigenvalue weighted by molar-refractivity contribution is 5.68. The van der Waals surface area contributed by atoms with E-state index in [1.54, 1.807) is 0 Å². The lowest BCUT2D eigenvalue weighted by Crippen LogP contribution is -2.72. The van der Waals surface area contributed by atoms with Crippen LogP contribution in [0.15, 0.2) is 0 Å². The monoisotopic (exact) mass is 255 g/mol. The van der Waals surface area contributed by atoms with Gasteiger partial charge in [-0.15, -0.1) is 0 Å². The minimum Gasteiger partial charge on any atom is -0.481 e. The zero-order chi connectivity index (χ0) is 13.2. The molecule has 2 N–H and O–H groups in total. The van der Waals surface area contributed by atoms with Gasteiger partial charge in [-0.25, -0.2) is 0 Å². The number of piperazine rings is 1. The Morgan fingerprint density at radius 1 is 1.28 bits per heavy atom. The number of rotatable bonds is 5. The average Bonchev–Trinajstić information content (AvgIpc) is 2.24. The first-order chi connectivity index (χ1) is 8.52. The topological polar surface area (TPSA) is 55.8 Å². The van der Waals surface area contributed by atoms with E-state index in [-0.39, 0.29) is 12.0 Å². The zero-order valence-electron chi connectivity index (χ0n) is 11.5. The fraction of sp³-hybridized carbons (Fsp3) is 0.923. The Bertz CT molecular complexity index is 295. The summed E-state index contributed by atoms with van der Waals surface area (Å²) in [5.41, 5.74) is -0.115. The molecule has 0 aromatic rings. The van der Waals surface area contributed by atoms with E-state index in [1.807, 2.05) is 0 Å². The largest absolute Gasteiger partial charge is 0.481 e. The Morgan fingerprint density at radius 2 is 1.89 bits per heavy atom. The van der Waals surface area contributed by atoms with E-state index < -0.39 is 5.97 Å². The molecule has 5 heteroatoms. The van der Waals surface area contributed by atoms with Crippen LogP contribution in [0.3, 0.4) is 0 Å². The van der Waals surface area contributed by atoms with Crippen LogP contribution in [0.1, 0.15) is 20.3 Å². The third-order valence-electron chi connectivity index (χ3n) is 4.05. The van der Waals surface area contributed by atoms with Gasteiger partial charge in [0.05, 0.1) is 12.0 Å². The van der Waals surface area contributed by atoms with Gasteiger partial charge in [0.25, 0.3) is 0 Å². The highest BCUT2D eigenvalue weighted by atomic mass is 16.4. The number of aliphatic carboxylic acids is 1. The van der Waals surface area contributed by atoms with Crippen molar-refractivity contribution >= 4 is 5.97 Å². The Morgan fingerprint density at radius 3 is 2.28 bits per heavy atom. The molecule has 0 aliphatic carbocycles. The molecule has 18 heavy (non-hydrogen) atoms. The van der Waals surface area contributed by atoms with Crippen LogP contribution in [0, 0.1) is 5.92 Å². The second-order valence-electron chi connectivity index (χ2n) is 6.08. The number of carboxylic acid groups (broad SMARTS) is 1. The lowest BCUT2D eigenvalue weighted by Gasteiger charge is -2.52. The molecule has 0 aromatic heterocycles. The van der Waals surface area contributed by atoms with Gasteiger partial charge in [-0.05, 0) is 5.92 Å². The third-order valence-corrected chi connectivity index (χ3v) is 4.05. The van der Waals surface area contributed by atoms with Gasteiger partial charge in [0, 0.05) is 45.8 Å². The maximum absolute atomic E-state index is 11.0. The molecule has 0 aromatic carbocycles. The Labute approximate surface area is 109 Å². The normalized spacial score (nSPS) is 25.1. The second-order valence-corrected chi connectivity index (χ2v) is 6.08. The van der Waals surface area contributed by atoms with Crippen LogP contribution < -0.4 is 5.32 Å². The van der Waals surface area contributed by atoms with Crippen molar-refractivity contribution in [2.24, 2.45) is 5.92 Å². The summed E-state index contributed by atoms with van der Waals surface area (Å²) < 4.78 is 0. The van der Waals surface area contributed by atoms with Gasteiger partial charge in [-0.2, -0.15) is 0 Å². The molecule has 0 radical (unpaired) electrons. The van der Waals surface area contributed by atoms with Crippen molar-refractivity contribution in [1.82, 2.24) is 15.1 Å². The number of carboxylic acids is 1. The summed E-state index contributed by atoms with van der Waals surface area (Å²) in [5, 5.41) is 12.3. The van der Waals surface area contributed by atoms with Gasteiger partial charge >= 0.3 is 5.97 Å². The van der Waals surface area contributed by atoms with Gasteiger partial charge in [0.15, 0.2) is 0 Å². The third kappa shape index (κ3) is 3.02. The van der Waals surface area contributed by atoms with Crippen LogP contribution >= 0.6 is 0 Å². The Hall–Kier alpha value is -0.650. The van der Waals surface area contributed by atoms with Crippen LogP contribution in [0.2, 0.25) is 0 Å². The van der Waals surface area contributed by atoms with Crippen LogP contribution in [0.25, 0.3) is 0 Å². The first-order valence-electron chi connectivity index (χ1n) is 6.92. The van der Waals surface area contributed by atoms with Crippen molar-refractivity contribution in [1.29, 1.82) is 0 Å². The summed E-state index contributed by atoms with van der Waals surface area (Å²) in [6, 6.07) is 0. The van der Waals surface area contributed by atoms with E-state index in [0.717, 1.165) is 45.8 Å². The van der Waals surface area contributed by atoms with Gasteiger partial charge < -0.3 is 15.3 Å². The molecule has 0 saturated carbocycles. The van der Waals surface area contributed by atoms with E-state index in [9.17, 15) is 4.79 Å². The van der Waals surface area contributed by atoms with Crippen LogP contribution in [-0.4, -0.2) is 72.2 Å². The highest BCUT2D eigenvalue weighted by Crippen LogP contribution is 2.26. The maximum Gasteiger partial charge on any atom is 0.305 e. The summed E-state index contributed by atoms with van der Waals surface area (Å²) in [7, 11) is 0. The minimum atomic E-state index is -0.680. The lowest BCUT2D eigenvalue weighted by atomic mass is 9.85. The first kappa shape index (κ1) is 13.8. The SMILES string of the molecule is CC(C)CN1CCN(C2(CC(=O)O)CNC2)CC1. The summed E-state index contributed by atoms with van der Waals surface area (Å²) in [6.07, 6.45) is 0.268. The maximum atomic E-state index is 11.0. The van der Waals surface area contributed by atoms with E-state index >= 15 is 0 Å². The summed E-state index contributed by atoms with van der Waals surface area (Å²) in [6.45, 7) is 11.4. The predicted molar refractivity (Wildman–Crippen MR) is 70.7 cm³/mol. The van der Waals surface area contributed by atoms with Crippen LogP contribution in [0.4, 0.5) is 0 Å². The molecule has 2 aliphatic rings. The molecule has 2 heterocycles. The van der Waals surface area contributed by atoms with E-state index in [2.05, 4.69) is 29.0 Å². The molecule has 0 unspecified atom stereocenters. The van der Waals surface area contributed by atoms with Crippen molar-refractivity contribution < 1.29 is 9.90 Å². The summed E-state index contributed by atoms with van der Waals surface area (Å²) in [4.78, 5) is 15.9. The number of hydrogen-bond acceptors (Lipinski definition) is 4. The van der Waals surface area contributed by atoms with Crippen molar-refractivity contribution in [2.75, 3.05) is 45.8 Å². The molecule has 104 valence electrons. The molecule has 2 saturated heterocycles. The molecular weight excluding hydrogens is 230 g/mol. The number of nitrogens with one attached hydrogen (secondary N) is 1. The molecule has 2 fully saturated rings. The highest BCUT2D eigenvalue weighted by Gasteiger charge is 2.44. The van der Waals surface area contributed by atoms with Gasteiger partial charge in [-0.3, -0.25) is 9.69 Å². The molecule has 2 rings (SSSR count). The molecule has 0 bridgehead atoms. The van der Waals surface area contributed by atoms with Crippen molar-refractivity contribution in [3.63, 3.8) is 0 Å². The molecular formula is C13H25N3O2. The number of carbonyl (C=O) groups is 1. The smallest absolute Gasteiger partial charge is 0.305 e. The summed E-state index contributed by atoms with van der Waals surface area (Å²) in [5.74, 6) is 0.0241. The number of hydrogen-bond donors (Lipinski definition) is 2. The van der Waals surface area contributed by atoms with Crippen molar-refractivity contribution in [2.45, 2.75) is 25.8 Å². The Kier molecular flexibility index (Phi) is 4.25. The first-order valence-corrected chi connectivity index (χ1v) is 6.92. The van der Waals surface area contributed by atoms with Crippen LogP contribution in [0.5, 0.6) is 0 Å². The fourth-order valence-electron chi connectivity index (χ4n) is 3.08. The van der Waals surface area contributed by atoms with Crippen LogP contribution in [-0.2, 0) is 4.79 Å². The van der Waals surface area contributed by atoms with E-state index in [4.69, 9.17) is 5.11 Å². The van der Waals surface area contributed by atoms with Crippen molar-refractivity contribution in [3.8, 4) is 0 Å². The van der Waals surface area contributed by atoms with Gasteiger partial charge in [0.2, 0.25) is 0 Å². The summed E-state index contributed by atoms with van der Waals surface area (Å²) >= 11 is 0.